The molecule has 0 spiro atoms. The summed E-state index contributed by atoms with van der Waals surface area (Å²) in [5.74, 6) is -0.0900. The molecule has 1 saturated heterocycles. The Morgan fingerprint density at radius 3 is 2.61 bits per heavy atom. The maximum Gasteiger partial charge on any atom is 0.236 e. The largest absolute Gasteiger partial charge is 0.494 e. The topological polar surface area (TPSA) is 42.0 Å². The molecule has 2 unspecified atom stereocenters. The molecule has 0 aromatic heterocycles. The highest BCUT2D eigenvalue weighted by atomic mass is 19.1. The van der Waals surface area contributed by atoms with E-state index < -0.39 is 0 Å². The van der Waals surface area contributed by atoms with Crippen molar-refractivity contribution >= 4 is 5.91 Å². The number of amides is 1. The van der Waals surface area contributed by atoms with E-state index in [2.05, 4.69) is 0 Å². The normalized spacial score (nSPS) is 21.6. The molecule has 0 aliphatic carbocycles. The minimum atomic E-state index is -0.388. The van der Waals surface area contributed by atoms with E-state index in [1.54, 1.807) is 6.07 Å². The third kappa shape index (κ3) is 4.91. The average Bonchev–Trinajstić information content (AvgIpc) is 2.46. The van der Waals surface area contributed by atoms with Crippen LogP contribution < -0.4 is 4.74 Å². The minimum absolute atomic E-state index is 0.0590. The van der Waals surface area contributed by atoms with Crippen molar-refractivity contribution in [3.05, 3.63) is 29.6 Å². The molecule has 0 N–H and O–H groups in total. The molecule has 5 nitrogen and oxygen atoms in total. The molecule has 1 amide bonds. The van der Waals surface area contributed by atoms with Crippen LogP contribution in [0.2, 0.25) is 0 Å². The Hall–Kier alpha value is -1.66. The number of morpholine rings is 1. The standard InChI is InChI=1S/C17H25FN2O3/c1-12-8-20(9-13(2)23-12)17(21)11-19(3)10-14-5-6-16(22-4)15(18)7-14/h5-7,12-13H,8-11H2,1-4H3. The van der Waals surface area contributed by atoms with E-state index in [9.17, 15) is 9.18 Å². The Morgan fingerprint density at radius 2 is 2.04 bits per heavy atom. The van der Waals surface area contributed by atoms with Crippen LogP contribution in [0.4, 0.5) is 4.39 Å². The Balaban J connectivity index is 1.90. The zero-order valence-corrected chi connectivity index (χ0v) is 14.2. The highest BCUT2D eigenvalue weighted by Gasteiger charge is 2.26. The summed E-state index contributed by atoms with van der Waals surface area (Å²) in [6.07, 6.45) is 0.118. The predicted molar refractivity (Wildman–Crippen MR) is 85.9 cm³/mol. The summed E-state index contributed by atoms with van der Waals surface area (Å²) in [6.45, 7) is 5.98. The van der Waals surface area contributed by atoms with Gasteiger partial charge >= 0.3 is 0 Å². The van der Waals surface area contributed by atoms with E-state index in [-0.39, 0.29) is 29.7 Å². The first kappa shape index (κ1) is 17.7. The molecule has 0 saturated carbocycles. The van der Waals surface area contributed by atoms with Crippen LogP contribution in [0.1, 0.15) is 19.4 Å². The molecule has 1 fully saturated rings. The van der Waals surface area contributed by atoms with Gasteiger partial charge in [-0.05, 0) is 38.6 Å². The summed E-state index contributed by atoms with van der Waals surface area (Å²) in [6, 6.07) is 4.85. The lowest BCUT2D eigenvalue weighted by atomic mass is 10.2. The number of carbonyl (C=O) groups is 1. The lowest BCUT2D eigenvalue weighted by Gasteiger charge is -2.36. The highest BCUT2D eigenvalue weighted by molar-refractivity contribution is 5.78. The van der Waals surface area contributed by atoms with Crippen LogP contribution in [0.25, 0.3) is 0 Å². The summed E-state index contributed by atoms with van der Waals surface area (Å²) in [7, 11) is 3.29. The molecule has 0 bridgehead atoms. The molecule has 1 aliphatic heterocycles. The van der Waals surface area contributed by atoms with Crippen molar-refractivity contribution in [3.63, 3.8) is 0 Å². The highest BCUT2D eigenvalue weighted by Crippen LogP contribution is 2.18. The van der Waals surface area contributed by atoms with Crippen LogP contribution in [0.5, 0.6) is 5.75 Å². The molecule has 1 aromatic carbocycles. The Kier molecular flexibility index (Phi) is 5.96. The fourth-order valence-electron chi connectivity index (χ4n) is 2.89. The summed E-state index contributed by atoms with van der Waals surface area (Å²) in [5, 5.41) is 0. The Morgan fingerprint density at radius 1 is 1.39 bits per heavy atom. The van der Waals surface area contributed by atoms with E-state index in [4.69, 9.17) is 9.47 Å². The maximum absolute atomic E-state index is 13.7. The van der Waals surface area contributed by atoms with Crippen molar-refractivity contribution < 1.29 is 18.7 Å². The fourth-order valence-corrected chi connectivity index (χ4v) is 2.89. The van der Waals surface area contributed by atoms with Gasteiger partial charge in [0.05, 0.1) is 25.9 Å². The lowest BCUT2D eigenvalue weighted by molar-refractivity contribution is -0.144. The number of hydrogen-bond acceptors (Lipinski definition) is 4. The number of nitrogens with zero attached hydrogens (tertiary/aromatic N) is 2. The maximum atomic E-state index is 13.7. The van der Waals surface area contributed by atoms with Gasteiger partial charge in [0.1, 0.15) is 0 Å². The summed E-state index contributed by atoms with van der Waals surface area (Å²) >= 11 is 0. The second kappa shape index (κ2) is 7.75. The van der Waals surface area contributed by atoms with Crippen molar-refractivity contribution in [2.75, 3.05) is 33.8 Å². The minimum Gasteiger partial charge on any atom is -0.494 e. The number of rotatable bonds is 5. The fraction of sp³-hybridized carbons (Fsp3) is 0.588. The molecule has 1 aliphatic rings. The Bertz CT molecular complexity index is 543. The van der Waals surface area contributed by atoms with Gasteiger partial charge in [0.25, 0.3) is 0 Å². The van der Waals surface area contributed by atoms with Gasteiger partial charge in [-0.1, -0.05) is 6.07 Å². The van der Waals surface area contributed by atoms with E-state index in [1.165, 1.54) is 13.2 Å². The van der Waals surface area contributed by atoms with Crippen molar-refractivity contribution in [2.45, 2.75) is 32.6 Å². The van der Waals surface area contributed by atoms with Crippen LogP contribution in [-0.2, 0) is 16.1 Å². The van der Waals surface area contributed by atoms with Gasteiger partial charge in [-0.3, -0.25) is 9.69 Å². The molecule has 2 atom stereocenters. The van der Waals surface area contributed by atoms with Crippen LogP contribution in [0, 0.1) is 5.82 Å². The molecule has 6 heteroatoms. The van der Waals surface area contributed by atoms with E-state index >= 15 is 0 Å². The average molecular weight is 324 g/mol. The summed E-state index contributed by atoms with van der Waals surface area (Å²) in [5.41, 5.74) is 0.808. The molecule has 23 heavy (non-hydrogen) atoms. The molecular formula is C17H25FN2O3. The van der Waals surface area contributed by atoms with E-state index in [0.29, 0.717) is 26.2 Å². The number of halogens is 1. The molecule has 1 aromatic rings. The first-order chi connectivity index (χ1) is 10.9. The lowest BCUT2D eigenvalue weighted by Crippen LogP contribution is -2.50. The van der Waals surface area contributed by atoms with Gasteiger partial charge in [-0.2, -0.15) is 0 Å². The second-order valence-corrected chi connectivity index (χ2v) is 6.20. The quantitative estimate of drug-likeness (QED) is 0.830. The van der Waals surface area contributed by atoms with E-state index in [1.807, 2.05) is 36.8 Å². The van der Waals surface area contributed by atoms with Crippen LogP contribution in [-0.4, -0.2) is 61.7 Å². The SMILES string of the molecule is COc1ccc(CN(C)CC(=O)N2CC(C)OC(C)C2)cc1F. The predicted octanol–water partition coefficient (Wildman–Crippen LogP) is 1.90. The van der Waals surface area contributed by atoms with Crippen LogP contribution in [0.3, 0.4) is 0 Å². The number of methoxy groups -OCH3 is 1. The van der Waals surface area contributed by atoms with Crippen LogP contribution >= 0.6 is 0 Å². The van der Waals surface area contributed by atoms with E-state index in [0.717, 1.165) is 5.56 Å². The third-order valence-electron chi connectivity index (χ3n) is 3.85. The summed E-state index contributed by atoms with van der Waals surface area (Å²) < 4.78 is 24.3. The number of hydrogen-bond donors (Lipinski definition) is 0. The zero-order valence-electron chi connectivity index (χ0n) is 14.2. The molecule has 1 heterocycles. The smallest absolute Gasteiger partial charge is 0.236 e. The number of ether oxygens (including phenoxy) is 2. The molecule has 0 radical (unpaired) electrons. The monoisotopic (exact) mass is 324 g/mol. The number of likely N-dealkylation sites (N-methyl/N-ethyl adjacent to an activating group) is 1. The Labute approximate surface area is 137 Å². The number of benzene rings is 1. The zero-order chi connectivity index (χ0) is 17.0. The van der Waals surface area contributed by atoms with Gasteiger partial charge in [0.2, 0.25) is 5.91 Å². The van der Waals surface area contributed by atoms with Gasteiger partial charge in [0, 0.05) is 19.6 Å². The second-order valence-electron chi connectivity index (χ2n) is 6.20. The first-order valence-corrected chi connectivity index (χ1v) is 7.83. The van der Waals surface area contributed by atoms with Gasteiger partial charge < -0.3 is 14.4 Å². The first-order valence-electron chi connectivity index (χ1n) is 7.83. The number of carbonyl (C=O) groups excluding carboxylic acids is 1. The van der Waals surface area contributed by atoms with Gasteiger partial charge in [0.15, 0.2) is 11.6 Å². The van der Waals surface area contributed by atoms with Crippen molar-refractivity contribution in [1.82, 2.24) is 9.80 Å². The molecule has 2 rings (SSSR count). The molecule has 128 valence electrons. The van der Waals surface area contributed by atoms with Gasteiger partial charge in [-0.15, -0.1) is 0 Å². The van der Waals surface area contributed by atoms with Crippen molar-refractivity contribution in [3.8, 4) is 5.75 Å². The van der Waals surface area contributed by atoms with Gasteiger partial charge in [-0.25, -0.2) is 4.39 Å². The van der Waals surface area contributed by atoms with Crippen molar-refractivity contribution in [2.24, 2.45) is 0 Å². The van der Waals surface area contributed by atoms with Crippen LogP contribution in [0.15, 0.2) is 18.2 Å². The third-order valence-corrected chi connectivity index (χ3v) is 3.85. The van der Waals surface area contributed by atoms with Crippen molar-refractivity contribution in [1.29, 1.82) is 0 Å². The molecular weight excluding hydrogens is 299 g/mol. The summed E-state index contributed by atoms with van der Waals surface area (Å²) in [4.78, 5) is 16.1.